The maximum absolute atomic E-state index is 12.2. The fourth-order valence-electron chi connectivity index (χ4n) is 3.47. The van der Waals surface area contributed by atoms with E-state index < -0.39 is 0 Å². The molecule has 0 radical (unpaired) electrons. The van der Waals surface area contributed by atoms with E-state index in [0.29, 0.717) is 12.5 Å². The molecule has 1 saturated heterocycles. The number of hydrogen-bond acceptors (Lipinski definition) is 3. The first-order valence-corrected chi connectivity index (χ1v) is 7.13. The largest absolute Gasteiger partial charge is 0.396 e. The van der Waals surface area contributed by atoms with E-state index in [1.165, 1.54) is 0 Å². The van der Waals surface area contributed by atoms with Crippen LogP contribution in [0.1, 0.15) is 39.5 Å². The van der Waals surface area contributed by atoms with E-state index in [1.807, 2.05) is 18.7 Å². The van der Waals surface area contributed by atoms with Gasteiger partial charge in [0.25, 0.3) is 0 Å². The molecule has 3 N–H and O–H groups in total. The molecule has 0 aromatic carbocycles. The Morgan fingerprint density at radius 2 is 2.22 bits per heavy atom. The number of carbonyl (C=O) groups excluding carboxylic acids is 1. The smallest absolute Gasteiger partial charge is 0.239 e. The lowest BCUT2D eigenvalue weighted by Gasteiger charge is -2.26. The zero-order valence-electron chi connectivity index (χ0n) is 11.6. The molecule has 2 aliphatic rings. The van der Waals surface area contributed by atoms with Crippen molar-refractivity contribution in [3.05, 3.63) is 0 Å². The van der Waals surface area contributed by atoms with Gasteiger partial charge in [-0.1, -0.05) is 13.8 Å². The molecule has 3 atom stereocenters. The number of hydrogen-bond donors (Lipinski definition) is 2. The second-order valence-corrected chi connectivity index (χ2v) is 6.57. The Bertz CT molecular complexity index is 319. The van der Waals surface area contributed by atoms with Crippen molar-refractivity contribution in [2.24, 2.45) is 23.0 Å². The molecule has 4 nitrogen and oxygen atoms in total. The third-order valence-corrected chi connectivity index (χ3v) is 4.82. The summed E-state index contributed by atoms with van der Waals surface area (Å²) in [6.07, 6.45) is 4.41. The molecule has 0 bridgehead atoms. The minimum atomic E-state index is -0.366. The monoisotopic (exact) mass is 254 g/mol. The third-order valence-electron chi connectivity index (χ3n) is 4.82. The lowest BCUT2D eigenvalue weighted by Crippen LogP contribution is -2.46. The molecule has 1 aliphatic carbocycles. The van der Waals surface area contributed by atoms with Gasteiger partial charge in [-0.2, -0.15) is 0 Å². The number of likely N-dealkylation sites (tertiary alicyclic amines) is 1. The predicted molar refractivity (Wildman–Crippen MR) is 70.9 cm³/mol. The van der Waals surface area contributed by atoms with Crippen LogP contribution in [0.3, 0.4) is 0 Å². The minimum Gasteiger partial charge on any atom is -0.396 e. The fourth-order valence-corrected chi connectivity index (χ4v) is 3.47. The van der Waals surface area contributed by atoms with E-state index in [1.54, 1.807) is 0 Å². The summed E-state index contributed by atoms with van der Waals surface area (Å²) in [6, 6.07) is -0.366. The summed E-state index contributed by atoms with van der Waals surface area (Å²) in [5, 5.41) is 9.25. The topological polar surface area (TPSA) is 66.6 Å². The Morgan fingerprint density at radius 3 is 2.78 bits per heavy atom. The van der Waals surface area contributed by atoms with Crippen LogP contribution in [-0.4, -0.2) is 41.7 Å². The molecule has 2 rings (SSSR count). The van der Waals surface area contributed by atoms with Crippen LogP contribution in [0.15, 0.2) is 0 Å². The molecule has 0 unspecified atom stereocenters. The van der Waals surface area contributed by atoms with Crippen LogP contribution < -0.4 is 5.73 Å². The van der Waals surface area contributed by atoms with Crippen molar-refractivity contribution >= 4 is 5.91 Å². The van der Waals surface area contributed by atoms with Gasteiger partial charge in [-0.05, 0) is 42.9 Å². The van der Waals surface area contributed by atoms with Crippen molar-refractivity contribution in [1.82, 2.24) is 4.90 Å². The SMILES string of the molecule is CC(C)[C@H](N)C(=O)N1CC[C@]2(CC[C@@H](CO)C2)C1. The Kier molecular flexibility index (Phi) is 3.97. The highest BCUT2D eigenvalue weighted by Crippen LogP contribution is 2.48. The van der Waals surface area contributed by atoms with Crippen LogP contribution in [-0.2, 0) is 4.79 Å². The van der Waals surface area contributed by atoms with E-state index in [-0.39, 0.29) is 23.3 Å². The van der Waals surface area contributed by atoms with Crippen molar-refractivity contribution in [1.29, 1.82) is 0 Å². The molecular weight excluding hydrogens is 228 g/mol. The standard InChI is InChI=1S/C14H26N2O2/c1-10(2)12(15)13(18)16-6-5-14(9-16)4-3-11(7-14)8-17/h10-12,17H,3-9,15H2,1-2H3/t11-,12+,14+/m1/s1. The van der Waals surface area contributed by atoms with Crippen LogP contribution in [0.25, 0.3) is 0 Å². The van der Waals surface area contributed by atoms with Gasteiger partial charge in [-0.3, -0.25) is 4.79 Å². The second-order valence-electron chi connectivity index (χ2n) is 6.57. The Labute approximate surface area is 110 Å². The average Bonchev–Trinajstić information content (AvgIpc) is 2.95. The molecular formula is C14H26N2O2. The van der Waals surface area contributed by atoms with Gasteiger partial charge >= 0.3 is 0 Å². The Hall–Kier alpha value is -0.610. The van der Waals surface area contributed by atoms with Crippen LogP contribution in [0, 0.1) is 17.3 Å². The van der Waals surface area contributed by atoms with Crippen LogP contribution in [0.4, 0.5) is 0 Å². The lowest BCUT2D eigenvalue weighted by molar-refractivity contribution is -0.132. The van der Waals surface area contributed by atoms with Gasteiger partial charge in [0.15, 0.2) is 0 Å². The fraction of sp³-hybridized carbons (Fsp3) is 0.929. The molecule has 4 heteroatoms. The van der Waals surface area contributed by atoms with Gasteiger partial charge in [-0.15, -0.1) is 0 Å². The first kappa shape index (κ1) is 13.8. The molecule has 2 fully saturated rings. The van der Waals surface area contributed by atoms with Crippen LogP contribution in [0.2, 0.25) is 0 Å². The summed E-state index contributed by atoms with van der Waals surface area (Å²) in [5.74, 6) is 0.746. The van der Waals surface area contributed by atoms with Crippen LogP contribution >= 0.6 is 0 Å². The molecule has 1 aliphatic heterocycles. The second kappa shape index (κ2) is 5.17. The van der Waals surface area contributed by atoms with E-state index in [2.05, 4.69) is 0 Å². The van der Waals surface area contributed by atoms with Gasteiger partial charge in [0.2, 0.25) is 5.91 Å². The van der Waals surface area contributed by atoms with E-state index in [4.69, 9.17) is 5.73 Å². The molecule has 1 spiro atoms. The Morgan fingerprint density at radius 1 is 1.50 bits per heavy atom. The number of aliphatic hydroxyl groups excluding tert-OH is 1. The van der Waals surface area contributed by atoms with Crippen molar-refractivity contribution in [2.75, 3.05) is 19.7 Å². The summed E-state index contributed by atoms with van der Waals surface area (Å²) in [7, 11) is 0. The summed E-state index contributed by atoms with van der Waals surface area (Å²) in [4.78, 5) is 14.2. The van der Waals surface area contributed by atoms with Crippen molar-refractivity contribution < 1.29 is 9.90 Å². The number of nitrogens with two attached hydrogens (primary N) is 1. The minimum absolute atomic E-state index is 0.106. The average molecular weight is 254 g/mol. The van der Waals surface area contributed by atoms with Gasteiger partial charge < -0.3 is 15.7 Å². The zero-order valence-corrected chi connectivity index (χ0v) is 11.6. The van der Waals surface area contributed by atoms with Gasteiger partial charge in [0.1, 0.15) is 0 Å². The molecule has 1 saturated carbocycles. The first-order valence-electron chi connectivity index (χ1n) is 7.13. The lowest BCUT2D eigenvalue weighted by atomic mass is 9.84. The number of nitrogens with zero attached hydrogens (tertiary/aromatic N) is 1. The number of carbonyl (C=O) groups is 1. The van der Waals surface area contributed by atoms with Crippen molar-refractivity contribution in [3.63, 3.8) is 0 Å². The molecule has 0 aromatic heterocycles. The van der Waals surface area contributed by atoms with Gasteiger partial charge in [0.05, 0.1) is 6.04 Å². The number of aliphatic hydroxyl groups is 1. The molecule has 1 heterocycles. The highest BCUT2D eigenvalue weighted by molar-refractivity contribution is 5.82. The van der Waals surface area contributed by atoms with E-state index in [9.17, 15) is 9.90 Å². The molecule has 0 aromatic rings. The first-order chi connectivity index (χ1) is 8.47. The van der Waals surface area contributed by atoms with E-state index in [0.717, 1.165) is 38.8 Å². The summed E-state index contributed by atoms with van der Waals surface area (Å²) in [5.41, 5.74) is 6.23. The molecule has 104 valence electrons. The maximum atomic E-state index is 12.2. The number of amides is 1. The Balaban J connectivity index is 1.94. The zero-order chi connectivity index (χ0) is 13.3. The van der Waals surface area contributed by atoms with Gasteiger partial charge in [0, 0.05) is 19.7 Å². The molecule has 1 amide bonds. The third kappa shape index (κ3) is 2.54. The van der Waals surface area contributed by atoms with Crippen LogP contribution in [0.5, 0.6) is 0 Å². The maximum Gasteiger partial charge on any atom is 0.239 e. The summed E-state index contributed by atoms with van der Waals surface area (Å²) < 4.78 is 0. The highest BCUT2D eigenvalue weighted by atomic mass is 16.3. The van der Waals surface area contributed by atoms with Crippen molar-refractivity contribution in [2.45, 2.75) is 45.6 Å². The highest BCUT2D eigenvalue weighted by Gasteiger charge is 2.45. The number of rotatable bonds is 3. The summed E-state index contributed by atoms with van der Waals surface area (Å²) in [6.45, 7) is 5.97. The quantitative estimate of drug-likeness (QED) is 0.789. The van der Waals surface area contributed by atoms with E-state index >= 15 is 0 Å². The summed E-state index contributed by atoms with van der Waals surface area (Å²) >= 11 is 0. The molecule has 18 heavy (non-hydrogen) atoms. The van der Waals surface area contributed by atoms with Crippen molar-refractivity contribution in [3.8, 4) is 0 Å². The normalized spacial score (nSPS) is 33.6. The van der Waals surface area contributed by atoms with Gasteiger partial charge in [-0.25, -0.2) is 0 Å². The predicted octanol–water partition coefficient (Wildman–Crippen LogP) is 0.981.